The van der Waals surface area contributed by atoms with Gasteiger partial charge in [0.25, 0.3) is 11.6 Å². The Bertz CT molecular complexity index is 1560. The van der Waals surface area contributed by atoms with E-state index >= 15 is 0 Å². The Morgan fingerprint density at radius 1 is 0.651 bits per heavy atom. The van der Waals surface area contributed by atoms with Crippen LogP contribution in [0.5, 0.6) is 0 Å². The Morgan fingerprint density at radius 2 is 1.16 bits per heavy atom. The number of carboxylic acids is 2. The van der Waals surface area contributed by atoms with Gasteiger partial charge in [-0.25, -0.2) is 9.59 Å². The van der Waals surface area contributed by atoms with Crippen LogP contribution < -0.4 is 10.6 Å². The fourth-order valence-corrected chi connectivity index (χ4v) is 7.76. The largest absolute Gasteiger partial charge is 0.477 e. The van der Waals surface area contributed by atoms with E-state index in [4.69, 9.17) is 33.2 Å². The number of ether oxygens (including phenoxy) is 7. The number of carboxylic acid groups (broad SMARTS) is 2. The maximum Gasteiger partial charge on any atom is 0.364 e. The molecule has 4 rings (SSSR count). The molecule has 29 nitrogen and oxygen atoms in total. The van der Waals surface area contributed by atoms with Crippen molar-refractivity contribution in [2.24, 2.45) is 0 Å². The SMILES string of the molecule is CC(=O)N[C@@H]1[C@@H]([C@@H](O)[C@@H](CO)O[C@@]2(C(=O)O)C[C@@H](O)[C@@H](NC(C)=O)[C@@H]([C@H](O)[C@H](O)CO)O2)O[C@@](O[C@H]2[C@H](O)[C@@H](O[C@H]3[C@@H](O)[C@@H](O)[C@H](O)O[C@H]3CO)O[C@@H](CO)[C@@H]2O)(C(=O)O)C[C@@H]1O. The third-order valence-corrected chi connectivity index (χ3v) is 11.0. The topological polar surface area (TPSA) is 481 Å². The second kappa shape index (κ2) is 21.6. The van der Waals surface area contributed by atoms with Crippen molar-refractivity contribution in [3.05, 3.63) is 0 Å². The Morgan fingerprint density at radius 3 is 1.63 bits per heavy atom. The molecule has 4 aliphatic heterocycles. The fourth-order valence-electron chi connectivity index (χ4n) is 7.76. The number of aliphatic hydroxyl groups is 14. The highest BCUT2D eigenvalue weighted by Crippen LogP contribution is 2.40. The zero-order valence-electron chi connectivity index (χ0n) is 33.4. The van der Waals surface area contributed by atoms with Crippen LogP contribution >= 0.6 is 0 Å². The highest BCUT2D eigenvalue weighted by Gasteiger charge is 2.62. The molecule has 22 atom stereocenters. The summed E-state index contributed by atoms with van der Waals surface area (Å²) in [6.45, 7) is -2.75. The van der Waals surface area contributed by atoms with Crippen molar-refractivity contribution in [3.8, 4) is 0 Å². The maximum atomic E-state index is 13.1. The molecular weight excluding hydrogens is 868 g/mol. The summed E-state index contributed by atoms with van der Waals surface area (Å²) in [7, 11) is 0. The molecule has 0 unspecified atom stereocenters. The lowest BCUT2D eigenvalue weighted by molar-refractivity contribution is -0.387. The van der Waals surface area contributed by atoms with Crippen molar-refractivity contribution in [1.29, 1.82) is 0 Å². The van der Waals surface area contributed by atoms with Gasteiger partial charge < -0.3 is 125 Å². The lowest BCUT2D eigenvalue weighted by Gasteiger charge is -2.51. The second-order valence-corrected chi connectivity index (χ2v) is 15.5. The van der Waals surface area contributed by atoms with E-state index in [0.29, 0.717) is 0 Å². The molecule has 2 amide bonds. The van der Waals surface area contributed by atoms with Crippen molar-refractivity contribution < 1.29 is 134 Å². The van der Waals surface area contributed by atoms with E-state index in [-0.39, 0.29) is 0 Å². The van der Waals surface area contributed by atoms with Crippen LogP contribution in [0.2, 0.25) is 0 Å². The molecule has 0 radical (unpaired) electrons. The molecule has 4 saturated heterocycles. The Hall–Kier alpha value is -2.96. The first-order valence-corrected chi connectivity index (χ1v) is 19.4. The highest BCUT2D eigenvalue weighted by molar-refractivity contribution is 5.77. The molecule has 0 bridgehead atoms. The van der Waals surface area contributed by atoms with Gasteiger partial charge in [0.05, 0.1) is 50.7 Å². The van der Waals surface area contributed by atoms with Crippen molar-refractivity contribution in [2.45, 2.75) is 161 Å². The first-order chi connectivity index (χ1) is 29.4. The van der Waals surface area contributed by atoms with Gasteiger partial charge in [-0.15, -0.1) is 0 Å². The van der Waals surface area contributed by atoms with Gasteiger partial charge >= 0.3 is 11.9 Å². The number of rotatable bonds is 18. The van der Waals surface area contributed by atoms with Crippen LogP contribution in [-0.2, 0) is 52.3 Å². The van der Waals surface area contributed by atoms with Crippen LogP contribution in [0.25, 0.3) is 0 Å². The van der Waals surface area contributed by atoms with E-state index in [0.717, 1.165) is 13.8 Å². The monoisotopic (exact) mass is 924 g/mol. The van der Waals surface area contributed by atoms with Gasteiger partial charge in [0, 0.05) is 26.7 Å². The molecule has 0 aromatic rings. The summed E-state index contributed by atoms with van der Waals surface area (Å²) in [6.07, 6.45) is -40.7. The highest BCUT2D eigenvalue weighted by atomic mass is 16.8. The molecular formula is C34H56N2O27. The minimum absolute atomic E-state index is 0.837. The molecule has 0 aromatic carbocycles. The third-order valence-electron chi connectivity index (χ3n) is 11.0. The zero-order chi connectivity index (χ0) is 47.5. The first-order valence-electron chi connectivity index (χ1n) is 19.4. The first kappa shape index (κ1) is 52.7. The zero-order valence-corrected chi connectivity index (χ0v) is 33.4. The van der Waals surface area contributed by atoms with E-state index in [1.807, 2.05) is 0 Å². The molecule has 364 valence electrons. The van der Waals surface area contributed by atoms with Crippen LogP contribution in [0, 0.1) is 0 Å². The van der Waals surface area contributed by atoms with Gasteiger partial charge in [-0.05, 0) is 0 Å². The quantitative estimate of drug-likeness (QED) is 0.0607. The standard InChI is InChI=1S/C34H56N2O27/c1-9(41)35-17-11(43)3-33(31(53)54,61-26(17)19(46)13(45)5-37)60-15(7-39)21(48)27-18(36-10(2)42)12(44)4-34(62-27,32(55)56)63-28-20(47)14(6-38)58-30(24(28)51)59-25-16(8-40)57-29(52)23(50)22(25)49/h11-30,37-40,43-52H,3-8H2,1-2H3,(H,35,41)(H,36,42)(H,53,54)(H,55,56)/t11-,12+,13-,14+,15-,16+,17-,18+,19-,20+,21+,22+,23-,24+,25-,26+,27+,28-,29-,30-,33+,34+/m1/s1. The Balaban J connectivity index is 1.72. The number of aliphatic hydroxyl groups excluding tert-OH is 14. The molecule has 0 spiro atoms. The third kappa shape index (κ3) is 11.2. The molecule has 0 saturated carbocycles. The van der Waals surface area contributed by atoms with Crippen LogP contribution in [0.15, 0.2) is 0 Å². The minimum Gasteiger partial charge on any atom is -0.477 e. The van der Waals surface area contributed by atoms with Gasteiger partial charge in [-0.1, -0.05) is 0 Å². The minimum atomic E-state index is -3.33. The van der Waals surface area contributed by atoms with Gasteiger partial charge in [0.2, 0.25) is 11.8 Å². The van der Waals surface area contributed by atoms with Crippen molar-refractivity contribution in [1.82, 2.24) is 10.6 Å². The average Bonchev–Trinajstić information content (AvgIpc) is 3.22. The Kier molecular flexibility index (Phi) is 18.0. The molecule has 4 aliphatic rings. The number of amides is 2. The molecule has 0 aromatic heterocycles. The van der Waals surface area contributed by atoms with Crippen LogP contribution in [-0.4, -0.2) is 266 Å². The van der Waals surface area contributed by atoms with E-state index in [1.54, 1.807) is 0 Å². The summed E-state index contributed by atoms with van der Waals surface area (Å²) in [5, 5.41) is 173. The van der Waals surface area contributed by atoms with Gasteiger partial charge in [-0.2, -0.15) is 0 Å². The fraction of sp³-hybridized carbons (Fsp3) is 0.882. The lowest BCUT2D eigenvalue weighted by Crippen LogP contribution is -2.72. The number of carbonyl (C=O) groups excluding carboxylic acids is 2. The smallest absolute Gasteiger partial charge is 0.364 e. The summed E-state index contributed by atoms with van der Waals surface area (Å²) in [5.74, 6) is -12.6. The molecule has 18 N–H and O–H groups in total. The molecule has 4 heterocycles. The van der Waals surface area contributed by atoms with E-state index in [1.165, 1.54) is 0 Å². The predicted octanol–water partition coefficient (Wildman–Crippen LogP) is -11.0. The molecule has 4 fully saturated rings. The number of hydrogen-bond acceptors (Lipinski definition) is 25. The van der Waals surface area contributed by atoms with Gasteiger partial charge in [0.1, 0.15) is 85.5 Å². The summed E-state index contributed by atoms with van der Waals surface area (Å²) >= 11 is 0. The van der Waals surface area contributed by atoms with Gasteiger partial charge in [0.15, 0.2) is 12.6 Å². The maximum absolute atomic E-state index is 13.1. The number of nitrogens with one attached hydrogen (secondary N) is 2. The number of hydrogen-bond donors (Lipinski definition) is 18. The van der Waals surface area contributed by atoms with Crippen molar-refractivity contribution in [3.63, 3.8) is 0 Å². The normalized spacial score (nSPS) is 42.9. The summed E-state index contributed by atoms with van der Waals surface area (Å²) < 4.78 is 38.4. The Labute approximate surface area is 355 Å². The lowest BCUT2D eigenvalue weighted by atomic mass is 9.87. The molecule has 29 heteroatoms. The summed E-state index contributed by atoms with van der Waals surface area (Å²) in [6, 6.07) is -3.57. The van der Waals surface area contributed by atoms with Crippen LogP contribution in [0.1, 0.15) is 26.7 Å². The predicted molar refractivity (Wildman–Crippen MR) is 191 cm³/mol. The summed E-state index contributed by atoms with van der Waals surface area (Å²) in [5.41, 5.74) is 0. The average molecular weight is 925 g/mol. The van der Waals surface area contributed by atoms with Crippen LogP contribution in [0.3, 0.4) is 0 Å². The van der Waals surface area contributed by atoms with Crippen LogP contribution in [0.4, 0.5) is 0 Å². The molecule has 0 aliphatic carbocycles. The number of aliphatic carboxylic acids is 2. The number of carbonyl (C=O) groups is 4. The van der Waals surface area contributed by atoms with E-state index < -0.39 is 197 Å². The van der Waals surface area contributed by atoms with E-state index in [9.17, 15) is 101 Å². The van der Waals surface area contributed by atoms with Crippen molar-refractivity contribution in [2.75, 3.05) is 26.4 Å². The van der Waals surface area contributed by atoms with Crippen molar-refractivity contribution >= 4 is 23.8 Å². The van der Waals surface area contributed by atoms with E-state index in [2.05, 4.69) is 10.6 Å². The molecule has 63 heavy (non-hydrogen) atoms. The second-order valence-electron chi connectivity index (χ2n) is 15.5. The summed E-state index contributed by atoms with van der Waals surface area (Å²) in [4.78, 5) is 50.3. The van der Waals surface area contributed by atoms with Gasteiger partial charge in [-0.3, -0.25) is 9.59 Å².